The minimum atomic E-state index is 0.0116. The van der Waals surface area contributed by atoms with Gasteiger partial charge in [0.1, 0.15) is 0 Å². The van der Waals surface area contributed by atoms with Gasteiger partial charge in [0, 0.05) is 17.0 Å². The standard InChI is InChI=1S/C18H22ClNO4S/c1-5-20(11-13-7-9-15(19)25-13)16(21)10-12-6-8-14(22-2)18(24-4)17(12)23-3/h6-9H,5,10-11H2,1-4H3. The molecule has 0 bridgehead atoms. The molecule has 136 valence electrons. The van der Waals surface area contributed by atoms with Gasteiger partial charge in [-0.25, -0.2) is 0 Å². The van der Waals surface area contributed by atoms with Crippen LogP contribution >= 0.6 is 22.9 Å². The van der Waals surface area contributed by atoms with E-state index in [1.165, 1.54) is 11.3 Å². The Morgan fingerprint density at radius 3 is 2.32 bits per heavy atom. The third-order valence-electron chi connectivity index (χ3n) is 3.84. The topological polar surface area (TPSA) is 48.0 Å². The van der Waals surface area contributed by atoms with Crippen LogP contribution in [0.1, 0.15) is 17.4 Å². The van der Waals surface area contributed by atoms with Gasteiger partial charge >= 0.3 is 0 Å². The van der Waals surface area contributed by atoms with E-state index in [0.29, 0.717) is 30.3 Å². The Balaban J connectivity index is 2.20. The fraction of sp³-hybridized carbons (Fsp3) is 0.389. The molecule has 0 unspecified atom stereocenters. The van der Waals surface area contributed by atoms with E-state index < -0.39 is 0 Å². The highest BCUT2D eigenvalue weighted by Gasteiger charge is 2.20. The zero-order valence-corrected chi connectivity index (χ0v) is 16.4. The van der Waals surface area contributed by atoms with E-state index >= 15 is 0 Å². The Morgan fingerprint density at radius 2 is 1.80 bits per heavy atom. The summed E-state index contributed by atoms with van der Waals surface area (Å²) in [5, 5.41) is 0. The maximum Gasteiger partial charge on any atom is 0.227 e. The number of rotatable bonds is 8. The van der Waals surface area contributed by atoms with E-state index in [1.54, 1.807) is 32.3 Å². The molecule has 25 heavy (non-hydrogen) atoms. The summed E-state index contributed by atoms with van der Waals surface area (Å²) in [6, 6.07) is 7.39. The zero-order valence-electron chi connectivity index (χ0n) is 14.8. The first-order chi connectivity index (χ1) is 12.0. The van der Waals surface area contributed by atoms with Crippen molar-refractivity contribution in [3.8, 4) is 17.2 Å². The Morgan fingerprint density at radius 1 is 1.08 bits per heavy atom. The van der Waals surface area contributed by atoms with Gasteiger partial charge in [0.2, 0.25) is 11.7 Å². The third kappa shape index (κ3) is 4.58. The van der Waals surface area contributed by atoms with Crippen LogP contribution in [0, 0.1) is 0 Å². The molecular formula is C18H22ClNO4S. The Hall–Kier alpha value is -1.92. The number of halogens is 1. The molecule has 0 aliphatic rings. The second kappa shape index (κ2) is 8.97. The minimum absolute atomic E-state index is 0.0116. The molecule has 0 fully saturated rings. The van der Waals surface area contributed by atoms with Gasteiger partial charge in [-0.3, -0.25) is 4.79 Å². The van der Waals surface area contributed by atoms with Crippen LogP contribution in [0.4, 0.5) is 0 Å². The number of likely N-dealkylation sites (N-methyl/N-ethyl adjacent to an activating group) is 1. The predicted molar refractivity (Wildman–Crippen MR) is 100 cm³/mol. The average Bonchev–Trinajstić information content (AvgIpc) is 3.03. The molecule has 2 aromatic rings. The van der Waals surface area contributed by atoms with Gasteiger partial charge in [-0.05, 0) is 25.1 Å². The van der Waals surface area contributed by atoms with Crippen LogP contribution in [0.25, 0.3) is 0 Å². The summed E-state index contributed by atoms with van der Waals surface area (Å²) in [6.07, 6.45) is 0.219. The second-order valence-electron chi connectivity index (χ2n) is 5.28. The van der Waals surface area contributed by atoms with Gasteiger partial charge in [0.25, 0.3) is 0 Å². The van der Waals surface area contributed by atoms with Crippen LogP contribution in [0.3, 0.4) is 0 Å². The lowest BCUT2D eigenvalue weighted by molar-refractivity contribution is -0.130. The first kappa shape index (κ1) is 19.4. The monoisotopic (exact) mass is 383 g/mol. The molecule has 2 rings (SSSR count). The number of ether oxygens (including phenoxy) is 3. The lowest BCUT2D eigenvalue weighted by atomic mass is 10.1. The quantitative estimate of drug-likeness (QED) is 0.690. The Labute approximate surface area is 157 Å². The molecule has 1 heterocycles. The summed E-state index contributed by atoms with van der Waals surface area (Å²) in [7, 11) is 4.66. The smallest absolute Gasteiger partial charge is 0.227 e. The van der Waals surface area contributed by atoms with Crippen molar-refractivity contribution in [3.63, 3.8) is 0 Å². The maximum atomic E-state index is 12.7. The summed E-state index contributed by atoms with van der Waals surface area (Å²) in [5.74, 6) is 1.59. The molecule has 0 aliphatic carbocycles. The number of amides is 1. The number of hydrogen-bond acceptors (Lipinski definition) is 5. The number of carbonyl (C=O) groups is 1. The van der Waals surface area contributed by atoms with Crippen LogP contribution in [0.2, 0.25) is 4.34 Å². The van der Waals surface area contributed by atoms with Crippen LogP contribution in [-0.2, 0) is 17.8 Å². The molecule has 0 radical (unpaired) electrons. The van der Waals surface area contributed by atoms with Crippen molar-refractivity contribution in [1.82, 2.24) is 4.90 Å². The molecule has 1 aromatic carbocycles. The summed E-state index contributed by atoms with van der Waals surface area (Å²) < 4.78 is 16.8. The van der Waals surface area contributed by atoms with Crippen LogP contribution in [0.5, 0.6) is 17.2 Å². The number of benzene rings is 1. The normalized spacial score (nSPS) is 10.4. The van der Waals surface area contributed by atoms with E-state index in [1.807, 2.05) is 25.1 Å². The lowest BCUT2D eigenvalue weighted by Crippen LogP contribution is -2.31. The molecule has 0 saturated carbocycles. The Bertz CT molecular complexity index is 732. The molecule has 0 spiro atoms. The molecule has 5 nitrogen and oxygen atoms in total. The van der Waals surface area contributed by atoms with E-state index in [9.17, 15) is 4.79 Å². The minimum Gasteiger partial charge on any atom is -0.493 e. The van der Waals surface area contributed by atoms with Gasteiger partial charge in [0.15, 0.2) is 11.5 Å². The van der Waals surface area contributed by atoms with E-state index in [-0.39, 0.29) is 12.3 Å². The number of nitrogens with zero attached hydrogens (tertiary/aromatic N) is 1. The number of hydrogen-bond donors (Lipinski definition) is 0. The van der Waals surface area contributed by atoms with Crippen molar-refractivity contribution in [2.24, 2.45) is 0 Å². The zero-order chi connectivity index (χ0) is 18.4. The molecule has 0 N–H and O–H groups in total. The van der Waals surface area contributed by atoms with Crippen molar-refractivity contribution in [2.75, 3.05) is 27.9 Å². The highest BCUT2D eigenvalue weighted by molar-refractivity contribution is 7.16. The number of carbonyl (C=O) groups excluding carboxylic acids is 1. The number of methoxy groups -OCH3 is 3. The highest BCUT2D eigenvalue weighted by Crippen LogP contribution is 2.40. The van der Waals surface area contributed by atoms with E-state index in [0.717, 1.165) is 14.8 Å². The molecule has 0 saturated heterocycles. The first-order valence-electron chi connectivity index (χ1n) is 7.83. The molecular weight excluding hydrogens is 362 g/mol. The largest absolute Gasteiger partial charge is 0.493 e. The third-order valence-corrected chi connectivity index (χ3v) is 5.05. The Kier molecular flexibility index (Phi) is 6.96. The van der Waals surface area contributed by atoms with Gasteiger partial charge in [0.05, 0.1) is 38.6 Å². The van der Waals surface area contributed by atoms with Gasteiger partial charge in [-0.2, -0.15) is 0 Å². The fourth-order valence-corrected chi connectivity index (χ4v) is 3.68. The lowest BCUT2D eigenvalue weighted by Gasteiger charge is -2.21. The second-order valence-corrected chi connectivity index (χ2v) is 7.08. The van der Waals surface area contributed by atoms with Crippen molar-refractivity contribution >= 4 is 28.8 Å². The predicted octanol–water partition coefficient (Wildman–Crippen LogP) is 4.02. The van der Waals surface area contributed by atoms with Crippen LogP contribution in [-0.4, -0.2) is 38.7 Å². The van der Waals surface area contributed by atoms with Gasteiger partial charge < -0.3 is 19.1 Å². The van der Waals surface area contributed by atoms with Crippen molar-refractivity contribution in [2.45, 2.75) is 19.9 Å². The van der Waals surface area contributed by atoms with Gasteiger partial charge in [-0.15, -0.1) is 11.3 Å². The summed E-state index contributed by atoms with van der Waals surface area (Å²) in [6.45, 7) is 3.12. The maximum absolute atomic E-state index is 12.7. The summed E-state index contributed by atoms with van der Waals surface area (Å²) >= 11 is 7.45. The van der Waals surface area contributed by atoms with Crippen molar-refractivity contribution in [1.29, 1.82) is 0 Å². The fourth-order valence-electron chi connectivity index (χ4n) is 2.58. The van der Waals surface area contributed by atoms with Crippen LogP contribution < -0.4 is 14.2 Å². The van der Waals surface area contributed by atoms with Crippen molar-refractivity contribution < 1.29 is 19.0 Å². The summed E-state index contributed by atoms with van der Waals surface area (Å²) in [4.78, 5) is 15.6. The highest BCUT2D eigenvalue weighted by atomic mass is 35.5. The molecule has 7 heteroatoms. The van der Waals surface area contributed by atoms with Gasteiger partial charge in [-0.1, -0.05) is 17.7 Å². The first-order valence-corrected chi connectivity index (χ1v) is 9.03. The molecule has 1 amide bonds. The summed E-state index contributed by atoms with van der Waals surface area (Å²) in [5.41, 5.74) is 0.757. The average molecular weight is 384 g/mol. The molecule has 0 aliphatic heterocycles. The van der Waals surface area contributed by atoms with Crippen molar-refractivity contribution in [3.05, 3.63) is 39.0 Å². The van der Waals surface area contributed by atoms with E-state index in [2.05, 4.69) is 0 Å². The molecule has 0 atom stereocenters. The number of thiophene rings is 1. The van der Waals surface area contributed by atoms with Crippen LogP contribution in [0.15, 0.2) is 24.3 Å². The SMILES string of the molecule is CCN(Cc1ccc(Cl)s1)C(=O)Cc1ccc(OC)c(OC)c1OC. The molecule has 1 aromatic heterocycles. The van der Waals surface area contributed by atoms with E-state index in [4.69, 9.17) is 25.8 Å².